The van der Waals surface area contributed by atoms with Crippen LogP contribution in [-0.2, 0) is 20.7 Å². The largest absolute Gasteiger partial charge is 0.427 e. The van der Waals surface area contributed by atoms with E-state index in [-0.39, 0.29) is 5.97 Å². The molecule has 28 heavy (non-hydrogen) atoms. The number of hydrogen-bond acceptors (Lipinski definition) is 4. The minimum absolute atomic E-state index is 0.170. The Hall–Kier alpha value is -2.69. The molecular weight excluding hydrogens is 350 g/mol. The number of morpholine rings is 1. The first-order chi connectivity index (χ1) is 13.8. The topological polar surface area (TPSA) is 38.8 Å². The van der Waals surface area contributed by atoms with E-state index in [1.165, 1.54) is 27.1 Å². The maximum Gasteiger partial charge on any atom is 0.312 e. The second-order valence-electron chi connectivity index (χ2n) is 7.46. The van der Waals surface area contributed by atoms with E-state index in [4.69, 9.17) is 9.47 Å². The van der Waals surface area contributed by atoms with E-state index >= 15 is 0 Å². The number of esters is 1. The van der Waals surface area contributed by atoms with E-state index in [2.05, 4.69) is 47.4 Å². The van der Waals surface area contributed by atoms with Crippen molar-refractivity contribution in [3.8, 4) is 0 Å². The molecule has 2 aromatic rings. The smallest absolute Gasteiger partial charge is 0.312 e. The van der Waals surface area contributed by atoms with Crippen molar-refractivity contribution in [1.29, 1.82) is 0 Å². The summed E-state index contributed by atoms with van der Waals surface area (Å²) in [5.74, 6) is 0.491. The Labute approximate surface area is 164 Å². The first kappa shape index (κ1) is 17.4. The second kappa shape index (κ2) is 7.38. The molecule has 0 spiro atoms. The molecule has 0 bridgehead atoms. The molecule has 0 amide bonds. The summed E-state index contributed by atoms with van der Waals surface area (Å²) in [6.07, 6.45) is 11.6. The zero-order valence-corrected chi connectivity index (χ0v) is 15.8. The number of hydrogen-bond donors (Lipinski definition) is 0. The van der Waals surface area contributed by atoms with Gasteiger partial charge in [-0.15, -0.1) is 0 Å². The quantitative estimate of drug-likeness (QED) is 0.770. The van der Waals surface area contributed by atoms with Gasteiger partial charge in [0.25, 0.3) is 0 Å². The fourth-order valence-corrected chi connectivity index (χ4v) is 4.21. The summed E-state index contributed by atoms with van der Waals surface area (Å²) in [4.78, 5) is 14.5. The summed E-state index contributed by atoms with van der Waals surface area (Å²) in [5.41, 5.74) is 2.60. The average Bonchev–Trinajstić information content (AvgIpc) is 3.22. The summed E-state index contributed by atoms with van der Waals surface area (Å²) >= 11 is 0. The first-order valence-corrected chi connectivity index (χ1v) is 9.94. The van der Waals surface area contributed by atoms with Crippen LogP contribution in [0.2, 0.25) is 0 Å². The highest BCUT2D eigenvalue weighted by atomic mass is 16.5. The average molecular weight is 373 g/mol. The van der Waals surface area contributed by atoms with E-state index in [1.807, 2.05) is 12.2 Å². The van der Waals surface area contributed by atoms with Gasteiger partial charge in [-0.1, -0.05) is 42.5 Å². The van der Waals surface area contributed by atoms with Crippen LogP contribution >= 0.6 is 0 Å². The van der Waals surface area contributed by atoms with E-state index in [9.17, 15) is 4.79 Å². The molecule has 0 aromatic heterocycles. The van der Waals surface area contributed by atoms with Crippen LogP contribution in [0.25, 0.3) is 29.0 Å². The monoisotopic (exact) mass is 373 g/mol. The number of carbonyl (C=O) groups excluding carboxylic acids is 1. The molecule has 0 saturated carbocycles. The molecular formula is C24H23NO3. The summed E-state index contributed by atoms with van der Waals surface area (Å²) in [7, 11) is 0. The lowest BCUT2D eigenvalue weighted by Crippen LogP contribution is -2.37. The summed E-state index contributed by atoms with van der Waals surface area (Å²) in [6, 6.07) is 8.70. The van der Waals surface area contributed by atoms with Gasteiger partial charge in [-0.05, 0) is 50.9 Å². The minimum atomic E-state index is -0.170. The molecule has 142 valence electrons. The molecule has 0 radical (unpaired) electrons. The zero-order valence-electron chi connectivity index (χ0n) is 15.8. The molecule has 0 N–H and O–H groups in total. The molecule has 2 aliphatic carbocycles. The normalized spacial score (nSPS) is 18.1. The Bertz CT molecular complexity index is 1120. The van der Waals surface area contributed by atoms with Crippen LogP contribution in [0.5, 0.6) is 0 Å². The molecule has 4 nitrogen and oxygen atoms in total. The third kappa shape index (κ3) is 3.30. The Morgan fingerprint density at radius 3 is 2.79 bits per heavy atom. The molecule has 5 rings (SSSR count). The van der Waals surface area contributed by atoms with Gasteiger partial charge in [-0.3, -0.25) is 9.69 Å². The Morgan fingerprint density at radius 2 is 1.89 bits per heavy atom. The Kier molecular flexibility index (Phi) is 4.59. The zero-order chi connectivity index (χ0) is 18.9. The van der Waals surface area contributed by atoms with Crippen molar-refractivity contribution in [2.75, 3.05) is 32.8 Å². The molecule has 1 heterocycles. The van der Waals surface area contributed by atoms with Gasteiger partial charge < -0.3 is 9.47 Å². The van der Waals surface area contributed by atoms with Crippen molar-refractivity contribution in [2.45, 2.75) is 12.8 Å². The van der Waals surface area contributed by atoms with Crippen molar-refractivity contribution in [2.24, 2.45) is 0 Å². The fourth-order valence-electron chi connectivity index (χ4n) is 4.21. The third-order valence-electron chi connectivity index (χ3n) is 5.74. The number of fused-ring (bicyclic) bond motifs is 5. The van der Waals surface area contributed by atoms with Crippen LogP contribution in [0.4, 0.5) is 0 Å². The number of carbonyl (C=O) groups is 1. The van der Waals surface area contributed by atoms with Crippen LogP contribution in [0.1, 0.15) is 17.5 Å². The van der Waals surface area contributed by atoms with Crippen molar-refractivity contribution in [1.82, 2.24) is 4.90 Å². The van der Waals surface area contributed by atoms with Crippen molar-refractivity contribution in [3.05, 3.63) is 63.7 Å². The third-order valence-corrected chi connectivity index (χ3v) is 5.74. The SMILES string of the molecule is O=C(CCN1CCOCC1)OC1=CCc2c(ccc3c4c(ccc23)=CC=C4)=C1. The highest BCUT2D eigenvalue weighted by molar-refractivity contribution is 5.96. The van der Waals surface area contributed by atoms with Gasteiger partial charge in [0.05, 0.1) is 19.6 Å². The van der Waals surface area contributed by atoms with Gasteiger partial charge in [0.15, 0.2) is 0 Å². The number of benzene rings is 2. The minimum Gasteiger partial charge on any atom is -0.427 e. The van der Waals surface area contributed by atoms with Gasteiger partial charge in [-0.2, -0.15) is 0 Å². The van der Waals surface area contributed by atoms with Gasteiger partial charge in [-0.25, -0.2) is 0 Å². The second-order valence-corrected chi connectivity index (χ2v) is 7.46. The van der Waals surface area contributed by atoms with Crippen LogP contribution < -0.4 is 10.4 Å². The van der Waals surface area contributed by atoms with E-state index in [1.54, 1.807) is 0 Å². The van der Waals surface area contributed by atoms with Gasteiger partial charge in [0.1, 0.15) is 5.76 Å². The molecule has 4 heteroatoms. The van der Waals surface area contributed by atoms with Crippen molar-refractivity contribution >= 4 is 35.0 Å². The first-order valence-electron chi connectivity index (χ1n) is 9.94. The maximum atomic E-state index is 12.3. The highest BCUT2D eigenvalue weighted by Crippen LogP contribution is 2.23. The fraction of sp³-hybridized carbons (Fsp3) is 0.292. The number of rotatable bonds is 4. The number of nitrogens with zero attached hydrogens (tertiary/aromatic N) is 1. The highest BCUT2D eigenvalue weighted by Gasteiger charge is 2.15. The molecule has 2 aromatic carbocycles. The molecule has 1 aliphatic heterocycles. The summed E-state index contributed by atoms with van der Waals surface area (Å²) < 4.78 is 11.0. The van der Waals surface area contributed by atoms with E-state index < -0.39 is 0 Å². The van der Waals surface area contributed by atoms with Crippen molar-refractivity contribution < 1.29 is 14.3 Å². The Balaban J connectivity index is 1.32. The number of ether oxygens (including phenoxy) is 2. The predicted molar refractivity (Wildman–Crippen MR) is 111 cm³/mol. The summed E-state index contributed by atoms with van der Waals surface area (Å²) in [5, 5.41) is 4.98. The maximum absolute atomic E-state index is 12.3. The predicted octanol–water partition coefficient (Wildman–Crippen LogP) is 2.13. The van der Waals surface area contributed by atoms with Crippen LogP contribution in [-0.4, -0.2) is 43.7 Å². The lowest BCUT2D eigenvalue weighted by atomic mass is 9.94. The Morgan fingerprint density at radius 1 is 1.07 bits per heavy atom. The number of allylic oxidation sites excluding steroid dienone is 3. The molecule has 3 aliphatic rings. The van der Waals surface area contributed by atoms with Crippen LogP contribution in [0.15, 0.2) is 42.2 Å². The van der Waals surface area contributed by atoms with E-state index in [0.29, 0.717) is 12.2 Å². The molecule has 0 unspecified atom stereocenters. The molecule has 1 saturated heterocycles. The molecule has 1 fully saturated rings. The van der Waals surface area contributed by atoms with E-state index in [0.717, 1.165) is 44.5 Å². The molecule has 0 atom stereocenters. The van der Waals surface area contributed by atoms with Crippen LogP contribution in [0.3, 0.4) is 0 Å². The van der Waals surface area contributed by atoms with Crippen molar-refractivity contribution in [3.63, 3.8) is 0 Å². The van der Waals surface area contributed by atoms with Gasteiger partial charge >= 0.3 is 5.97 Å². The summed E-state index contributed by atoms with van der Waals surface area (Å²) in [6.45, 7) is 4.00. The standard InChI is InChI=1S/C24H23NO3/c26-24(10-11-25-12-14-27-15-13-25)28-19-6-9-21-18(16-19)5-8-22-20-3-1-2-17(20)4-7-23(21)22/h1-8,16H,9-15H2. The van der Waals surface area contributed by atoms with Gasteiger partial charge in [0.2, 0.25) is 0 Å². The van der Waals surface area contributed by atoms with Gasteiger partial charge in [0, 0.05) is 19.6 Å². The van der Waals surface area contributed by atoms with Crippen LogP contribution in [0, 0.1) is 0 Å². The lowest BCUT2D eigenvalue weighted by molar-refractivity contribution is -0.139. The lowest BCUT2D eigenvalue weighted by Gasteiger charge is -2.26.